The SMILES string of the molecule is N#CC(=C=Cc1ccccc1)C(=O)C1CCCCC1. The van der Waals surface area contributed by atoms with Crippen LogP contribution in [0.1, 0.15) is 37.7 Å². The molecule has 1 saturated carbocycles. The first kappa shape index (κ1) is 13.3. The molecule has 19 heavy (non-hydrogen) atoms. The van der Waals surface area contributed by atoms with Gasteiger partial charge in [-0.25, -0.2) is 0 Å². The van der Waals surface area contributed by atoms with E-state index in [9.17, 15) is 4.79 Å². The third-order valence-corrected chi connectivity index (χ3v) is 3.52. The van der Waals surface area contributed by atoms with Gasteiger partial charge >= 0.3 is 0 Å². The minimum atomic E-state index is -0.0330. The van der Waals surface area contributed by atoms with Crippen molar-refractivity contribution in [3.63, 3.8) is 0 Å². The van der Waals surface area contributed by atoms with Gasteiger partial charge in [-0.2, -0.15) is 5.26 Å². The molecule has 0 spiro atoms. The second kappa shape index (κ2) is 6.73. The molecule has 0 amide bonds. The molecule has 0 atom stereocenters. The number of carbonyl (C=O) groups is 1. The quantitative estimate of drug-likeness (QED) is 0.464. The molecule has 1 fully saturated rings. The molecule has 2 nitrogen and oxygen atoms in total. The van der Waals surface area contributed by atoms with Crippen LogP contribution < -0.4 is 0 Å². The summed E-state index contributed by atoms with van der Waals surface area (Å²) in [5, 5.41) is 9.11. The second-order valence-corrected chi connectivity index (χ2v) is 4.89. The number of hydrogen-bond donors (Lipinski definition) is 0. The second-order valence-electron chi connectivity index (χ2n) is 4.89. The monoisotopic (exact) mass is 251 g/mol. The van der Waals surface area contributed by atoms with Crippen LogP contribution >= 0.6 is 0 Å². The average molecular weight is 251 g/mol. The zero-order valence-corrected chi connectivity index (χ0v) is 10.9. The van der Waals surface area contributed by atoms with Crippen molar-refractivity contribution in [1.82, 2.24) is 0 Å². The highest BCUT2D eigenvalue weighted by Crippen LogP contribution is 2.26. The van der Waals surface area contributed by atoms with E-state index in [-0.39, 0.29) is 17.3 Å². The Labute approximate surface area is 114 Å². The van der Waals surface area contributed by atoms with E-state index in [0.717, 1.165) is 31.2 Å². The summed E-state index contributed by atoms with van der Waals surface area (Å²) in [6, 6.07) is 11.6. The van der Waals surface area contributed by atoms with Crippen molar-refractivity contribution in [2.75, 3.05) is 0 Å². The lowest BCUT2D eigenvalue weighted by molar-refractivity contribution is -0.119. The number of ketones is 1. The molecule has 96 valence electrons. The van der Waals surface area contributed by atoms with Crippen LogP contribution in [-0.2, 0) is 4.79 Å². The maximum atomic E-state index is 12.2. The molecule has 0 aromatic heterocycles. The average Bonchev–Trinajstić information content (AvgIpc) is 2.49. The molecule has 0 unspecified atom stereocenters. The maximum absolute atomic E-state index is 12.2. The highest BCUT2D eigenvalue weighted by Gasteiger charge is 2.23. The maximum Gasteiger partial charge on any atom is 0.184 e. The van der Waals surface area contributed by atoms with E-state index in [4.69, 9.17) is 5.26 Å². The topological polar surface area (TPSA) is 40.9 Å². The zero-order valence-electron chi connectivity index (χ0n) is 10.9. The van der Waals surface area contributed by atoms with Gasteiger partial charge in [0.15, 0.2) is 5.78 Å². The first-order valence-electron chi connectivity index (χ1n) is 6.77. The predicted octanol–water partition coefficient (Wildman–Crippen LogP) is 3.90. The van der Waals surface area contributed by atoms with Crippen molar-refractivity contribution in [2.45, 2.75) is 32.1 Å². The van der Waals surface area contributed by atoms with Gasteiger partial charge in [0.1, 0.15) is 11.6 Å². The molecular formula is C17H17NO. The molecule has 1 aromatic carbocycles. The number of nitrogens with zero attached hydrogens (tertiary/aromatic N) is 1. The molecular weight excluding hydrogens is 234 g/mol. The summed E-state index contributed by atoms with van der Waals surface area (Å²) >= 11 is 0. The third kappa shape index (κ3) is 3.68. The number of rotatable bonds is 3. The van der Waals surface area contributed by atoms with Gasteiger partial charge < -0.3 is 0 Å². The van der Waals surface area contributed by atoms with E-state index in [0.29, 0.717) is 0 Å². The van der Waals surface area contributed by atoms with E-state index in [1.807, 2.05) is 36.4 Å². The summed E-state index contributed by atoms with van der Waals surface area (Å²) in [4.78, 5) is 12.2. The Bertz CT molecular complexity index is 538. The minimum Gasteiger partial charge on any atom is -0.292 e. The zero-order chi connectivity index (χ0) is 13.5. The Kier molecular flexibility index (Phi) is 4.72. The van der Waals surface area contributed by atoms with Gasteiger partial charge in [-0.3, -0.25) is 4.79 Å². The highest BCUT2D eigenvalue weighted by molar-refractivity contribution is 6.00. The van der Waals surface area contributed by atoms with E-state index in [1.54, 1.807) is 6.08 Å². The van der Waals surface area contributed by atoms with Gasteiger partial charge in [0.25, 0.3) is 0 Å². The number of allylic oxidation sites excluding steroid dienone is 1. The lowest BCUT2D eigenvalue weighted by atomic mass is 9.84. The number of benzene rings is 1. The smallest absolute Gasteiger partial charge is 0.184 e. The third-order valence-electron chi connectivity index (χ3n) is 3.52. The summed E-state index contributed by atoms with van der Waals surface area (Å²) in [5.41, 5.74) is 3.98. The largest absolute Gasteiger partial charge is 0.292 e. The van der Waals surface area contributed by atoms with Gasteiger partial charge in [-0.1, -0.05) is 55.3 Å². The first-order chi connectivity index (χ1) is 9.31. The van der Waals surface area contributed by atoms with Gasteiger partial charge in [0, 0.05) is 5.92 Å². The van der Waals surface area contributed by atoms with Gasteiger partial charge in [-0.05, 0) is 24.5 Å². The fraction of sp³-hybridized carbons (Fsp3) is 0.353. The van der Waals surface area contributed by atoms with Crippen LogP contribution in [0.25, 0.3) is 6.08 Å². The van der Waals surface area contributed by atoms with Crippen LogP contribution in [0, 0.1) is 17.2 Å². The summed E-state index contributed by atoms with van der Waals surface area (Å²) < 4.78 is 0. The number of nitriles is 1. The first-order valence-corrected chi connectivity index (χ1v) is 6.77. The molecule has 1 aromatic rings. The molecule has 0 heterocycles. The van der Waals surface area contributed by atoms with Crippen molar-refractivity contribution in [3.05, 3.63) is 47.2 Å². The molecule has 1 aliphatic carbocycles. The Hall–Kier alpha value is -2.10. The highest BCUT2D eigenvalue weighted by atomic mass is 16.1. The number of Topliss-reactive ketones (excluding diaryl/α,β-unsaturated/α-hetero) is 1. The standard InChI is InChI=1S/C17H17NO/c18-13-16(12-11-14-7-3-1-4-8-14)17(19)15-9-5-2-6-10-15/h1,3-4,7-8,11,15H,2,5-6,9-10H2. The molecule has 0 aliphatic heterocycles. The minimum absolute atomic E-state index is 0.0278. The fourth-order valence-corrected chi connectivity index (χ4v) is 2.43. The summed E-state index contributed by atoms with van der Waals surface area (Å²) in [6.07, 6.45) is 6.93. The van der Waals surface area contributed by atoms with Gasteiger partial charge in [0.2, 0.25) is 0 Å². The van der Waals surface area contributed by atoms with Crippen LogP contribution in [0.4, 0.5) is 0 Å². The van der Waals surface area contributed by atoms with E-state index in [2.05, 4.69) is 5.73 Å². The molecule has 0 saturated heterocycles. The molecule has 0 N–H and O–H groups in total. The molecule has 0 bridgehead atoms. The van der Waals surface area contributed by atoms with Gasteiger partial charge in [0.05, 0.1) is 0 Å². The predicted molar refractivity (Wildman–Crippen MR) is 75.1 cm³/mol. The van der Waals surface area contributed by atoms with Gasteiger partial charge in [-0.15, -0.1) is 0 Å². The van der Waals surface area contributed by atoms with E-state index >= 15 is 0 Å². The lowest BCUT2D eigenvalue weighted by Crippen LogP contribution is -2.18. The van der Waals surface area contributed by atoms with E-state index < -0.39 is 0 Å². The Morgan fingerprint density at radius 3 is 2.47 bits per heavy atom. The Balaban J connectivity index is 2.17. The van der Waals surface area contributed by atoms with Crippen LogP contribution in [-0.4, -0.2) is 5.78 Å². The molecule has 2 rings (SSSR count). The van der Waals surface area contributed by atoms with Crippen molar-refractivity contribution in [2.24, 2.45) is 5.92 Å². The lowest BCUT2D eigenvalue weighted by Gasteiger charge is -2.19. The van der Waals surface area contributed by atoms with Crippen LogP contribution in [0.5, 0.6) is 0 Å². The van der Waals surface area contributed by atoms with Crippen molar-refractivity contribution < 1.29 is 4.79 Å². The molecule has 1 aliphatic rings. The van der Waals surface area contributed by atoms with Crippen LogP contribution in [0.3, 0.4) is 0 Å². The normalized spacial score (nSPS) is 15.1. The Morgan fingerprint density at radius 1 is 1.16 bits per heavy atom. The summed E-state index contributed by atoms with van der Waals surface area (Å²) in [5.74, 6) is -0.00513. The molecule has 0 radical (unpaired) electrons. The van der Waals surface area contributed by atoms with Crippen molar-refractivity contribution in [3.8, 4) is 6.07 Å². The van der Waals surface area contributed by atoms with Crippen LogP contribution in [0.15, 0.2) is 41.6 Å². The van der Waals surface area contributed by atoms with Crippen molar-refractivity contribution in [1.29, 1.82) is 5.26 Å². The number of hydrogen-bond acceptors (Lipinski definition) is 2. The number of carbonyl (C=O) groups excluding carboxylic acids is 1. The Morgan fingerprint density at radius 2 is 1.84 bits per heavy atom. The fourth-order valence-electron chi connectivity index (χ4n) is 2.43. The summed E-state index contributed by atoms with van der Waals surface area (Å²) in [6.45, 7) is 0. The van der Waals surface area contributed by atoms with E-state index in [1.165, 1.54) is 6.42 Å². The van der Waals surface area contributed by atoms with Crippen LogP contribution in [0.2, 0.25) is 0 Å². The molecule has 2 heteroatoms. The summed E-state index contributed by atoms with van der Waals surface area (Å²) in [7, 11) is 0. The van der Waals surface area contributed by atoms with Crippen molar-refractivity contribution >= 4 is 11.9 Å².